The Labute approximate surface area is 87.4 Å². The van der Waals surface area contributed by atoms with Crippen LogP contribution in [-0.2, 0) is 11.2 Å². The van der Waals surface area contributed by atoms with Gasteiger partial charge in [0, 0.05) is 12.5 Å². The van der Waals surface area contributed by atoms with Gasteiger partial charge in [0.2, 0.25) is 0 Å². The molecular weight excluding hydrogens is 196 g/mol. The fourth-order valence-electron chi connectivity index (χ4n) is 1.60. The van der Waals surface area contributed by atoms with Crippen molar-refractivity contribution in [2.75, 3.05) is 6.61 Å². The summed E-state index contributed by atoms with van der Waals surface area (Å²) in [5, 5.41) is 8.80. The van der Waals surface area contributed by atoms with Crippen molar-refractivity contribution in [3.8, 4) is 11.5 Å². The van der Waals surface area contributed by atoms with Crippen molar-refractivity contribution in [1.29, 1.82) is 0 Å². The van der Waals surface area contributed by atoms with Gasteiger partial charge >= 0.3 is 5.97 Å². The van der Waals surface area contributed by atoms with Gasteiger partial charge in [-0.25, -0.2) is 4.79 Å². The lowest BCUT2D eigenvalue weighted by Crippen LogP contribution is -2.24. The fraction of sp³-hybridized carbons (Fsp3) is 0.364. The first kappa shape index (κ1) is 9.83. The molecule has 0 spiro atoms. The molecule has 0 saturated heterocycles. The second-order valence-electron chi connectivity index (χ2n) is 3.35. The average molecular weight is 208 g/mol. The molecule has 0 saturated carbocycles. The first-order valence-corrected chi connectivity index (χ1v) is 4.86. The maximum Gasteiger partial charge on any atom is 0.345 e. The van der Waals surface area contributed by atoms with E-state index >= 15 is 0 Å². The summed E-state index contributed by atoms with van der Waals surface area (Å²) in [5.74, 6) is 0.403. The average Bonchev–Trinajstić information content (AvgIpc) is 2.61. The minimum atomic E-state index is -0.927. The van der Waals surface area contributed by atoms with Gasteiger partial charge in [-0.05, 0) is 18.6 Å². The number of hydrogen-bond acceptors (Lipinski definition) is 3. The molecule has 1 N–H and O–H groups in total. The van der Waals surface area contributed by atoms with Crippen molar-refractivity contribution in [2.24, 2.45) is 0 Å². The standard InChI is InChI=1S/C11H12O4/c1-2-14-8-4-3-7-5-10(11(12)13)15-9(7)6-8/h3-4,6,10H,2,5H2,1H3,(H,12,13). The predicted octanol–water partition coefficient (Wildman–Crippen LogP) is 1.47. The van der Waals surface area contributed by atoms with E-state index in [9.17, 15) is 4.79 Å². The monoisotopic (exact) mass is 208 g/mol. The number of aliphatic carboxylic acids is 1. The first-order chi connectivity index (χ1) is 7.20. The van der Waals surface area contributed by atoms with Gasteiger partial charge in [-0.1, -0.05) is 6.07 Å². The van der Waals surface area contributed by atoms with E-state index in [2.05, 4.69) is 0 Å². The quantitative estimate of drug-likeness (QED) is 0.817. The highest BCUT2D eigenvalue weighted by Crippen LogP contribution is 2.32. The van der Waals surface area contributed by atoms with Gasteiger partial charge in [0.1, 0.15) is 11.5 Å². The zero-order valence-corrected chi connectivity index (χ0v) is 8.40. The third-order valence-corrected chi connectivity index (χ3v) is 2.30. The molecule has 0 fully saturated rings. The van der Waals surface area contributed by atoms with E-state index in [1.165, 1.54) is 0 Å². The van der Waals surface area contributed by atoms with Gasteiger partial charge in [0.05, 0.1) is 6.61 Å². The van der Waals surface area contributed by atoms with E-state index < -0.39 is 12.1 Å². The van der Waals surface area contributed by atoms with Crippen LogP contribution >= 0.6 is 0 Å². The van der Waals surface area contributed by atoms with Gasteiger partial charge in [0.25, 0.3) is 0 Å². The van der Waals surface area contributed by atoms with Gasteiger partial charge in [-0.2, -0.15) is 0 Å². The van der Waals surface area contributed by atoms with Crippen LogP contribution in [0.4, 0.5) is 0 Å². The van der Waals surface area contributed by atoms with Crippen LogP contribution in [0, 0.1) is 0 Å². The summed E-state index contributed by atoms with van der Waals surface area (Å²) in [6.07, 6.45) is -0.325. The van der Waals surface area contributed by atoms with E-state index in [0.29, 0.717) is 24.5 Å². The van der Waals surface area contributed by atoms with E-state index in [-0.39, 0.29) is 0 Å². The normalized spacial score (nSPS) is 18.1. The molecule has 1 heterocycles. The first-order valence-electron chi connectivity index (χ1n) is 4.86. The molecule has 0 amide bonds. The molecule has 15 heavy (non-hydrogen) atoms. The van der Waals surface area contributed by atoms with E-state index in [4.69, 9.17) is 14.6 Å². The Morgan fingerprint density at radius 3 is 3.13 bits per heavy atom. The van der Waals surface area contributed by atoms with Crippen molar-refractivity contribution < 1.29 is 19.4 Å². The number of carboxylic acid groups (broad SMARTS) is 1. The molecule has 0 radical (unpaired) electrons. The zero-order valence-electron chi connectivity index (χ0n) is 8.40. The van der Waals surface area contributed by atoms with Gasteiger partial charge in [-0.15, -0.1) is 0 Å². The van der Waals surface area contributed by atoms with Crippen molar-refractivity contribution in [2.45, 2.75) is 19.4 Å². The third kappa shape index (κ3) is 1.88. The minimum absolute atomic E-state index is 0.428. The third-order valence-electron chi connectivity index (χ3n) is 2.30. The lowest BCUT2D eigenvalue weighted by molar-refractivity contribution is -0.144. The molecule has 0 aromatic heterocycles. The van der Waals surface area contributed by atoms with Crippen LogP contribution in [0.5, 0.6) is 11.5 Å². The van der Waals surface area contributed by atoms with E-state index in [0.717, 1.165) is 5.56 Å². The van der Waals surface area contributed by atoms with Crippen LogP contribution in [0.2, 0.25) is 0 Å². The van der Waals surface area contributed by atoms with Crippen molar-refractivity contribution in [3.63, 3.8) is 0 Å². The largest absolute Gasteiger partial charge is 0.494 e. The SMILES string of the molecule is CCOc1ccc2c(c1)OC(C(=O)O)C2. The molecule has 4 nitrogen and oxygen atoms in total. The van der Waals surface area contributed by atoms with E-state index in [1.54, 1.807) is 6.07 Å². The summed E-state index contributed by atoms with van der Waals surface area (Å²) in [4.78, 5) is 10.7. The molecular formula is C11H12O4. The second-order valence-corrected chi connectivity index (χ2v) is 3.35. The van der Waals surface area contributed by atoms with Crippen LogP contribution in [0.3, 0.4) is 0 Å². The second kappa shape index (κ2) is 3.81. The number of rotatable bonds is 3. The molecule has 4 heteroatoms. The molecule has 1 unspecified atom stereocenters. The highest BCUT2D eigenvalue weighted by atomic mass is 16.5. The Hall–Kier alpha value is -1.71. The van der Waals surface area contributed by atoms with E-state index in [1.807, 2.05) is 19.1 Å². The smallest absolute Gasteiger partial charge is 0.345 e. The molecule has 80 valence electrons. The molecule has 1 aliphatic heterocycles. The number of ether oxygens (including phenoxy) is 2. The van der Waals surface area contributed by atoms with Crippen LogP contribution in [0.25, 0.3) is 0 Å². The lowest BCUT2D eigenvalue weighted by Gasteiger charge is -2.06. The molecule has 0 aliphatic carbocycles. The highest BCUT2D eigenvalue weighted by Gasteiger charge is 2.28. The lowest BCUT2D eigenvalue weighted by atomic mass is 10.1. The van der Waals surface area contributed by atoms with Crippen LogP contribution < -0.4 is 9.47 Å². The number of carboxylic acids is 1. The number of carbonyl (C=O) groups is 1. The summed E-state index contributed by atoms with van der Waals surface area (Å²) < 4.78 is 10.6. The number of benzene rings is 1. The molecule has 1 aromatic rings. The highest BCUT2D eigenvalue weighted by molar-refractivity contribution is 5.74. The topological polar surface area (TPSA) is 55.8 Å². The van der Waals surface area contributed by atoms with Crippen LogP contribution in [0.15, 0.2) is 18.2 Å². The number of fused-ring (bicyclic) bond motifs is 1. The van der Waals surface area contributed by atoms with Gasteiger partial charge < -0.3 is 14.6 Å². The van der Waals surface area contributed by atoms with Crippen molar-refractivity contribution in [1.82, 2.24) is 0 Å². The summed E-state index contributed by atoms with van der Waals surface area (Å²) >= 11 is 0. The Morgan fingerprint density at radius 1 is 1.67 bits per heavy atom. The zero-order chi connectivity index (χ0) is 10.8. The fourth-order valence-corrected chi connectivity index (χ4v) is 1.60. The molecule has 1 atom stereocenters. The summed E-state index contributed by atoms with van der Waals surface area (Å²) in [6.45, 7) is 2.48. The Balaban J connectivity index is 2.20. The van der Waals surface area contributed by atoms with Gasteiger partial charge in [-0.3, -0.25) is 0 Å². The summed E-state index contributed by atoms with van der Waals surface area (Å²) in [5.41, 5.74) is 0.922. The summed E-state index contributed by atoms with van der Waals surface area (Å²) in [7, 11) is 0. The predicted molar refractivity (Wildman–Crippen MR) is 53.4 cm³/mol. The van der Waals surface area contributed by atoms with Crippen molar-refractivity contribution >= 4 is 5.97 Å². The molecule has 1 aliphatic rings. The molecule has 0 bridgehead atoms. The van der Waals surface area contributed by atoms with Crippen molar-refractivity contribution in [3.05, 3.63) is 23.8 Å². The van der Waals surface area contributed by atoms with Crippen LogP contribution in [0.1, 0.15) is 12.5 Å². The molecule has 2 rings (SSSR count). The maximum absolute atomic E-state index is 10.7. The Kier molecular flexibility index (Phi) is 2.49. The number of hydrogen-bond donors (Lipinski definition) is 1. The minimum Gasteiger partial charge on any atom is -0.494 e. The summed E-state index contributed by atoms with van der Waals surface area (Å²) in [6, 6.07) is 5.42. The molecule has 1 aromatic carbocycles. The van der Waals surface area contributed by atoms with Crippen LogP contribution in [-0.4, -0.2) is 23.8 Å². The van der Waals surface area contributed by atoms with Gasteiger partial charge in [0.15, 0.2) is 6.10 Å². The Bertz CT molecular complexity index is 386. The maximum atomic E-state index is 10.7. The Morgan fingerprint density at radius 2 is 2.47 bits per heavy atom.